The van der Waals surface area contributed by atoms with Crippen LogP contribution in [-0.4, -0.2) is 35.8 Å². The van der Waals surface area contributed by atoms with Crippen molar-refractivity contribution in [3.8, 4) is 0 Å². The van der Waals surface area contributed by atoms with Crippen LogP contribution in [0.5, 0.6) is 0 Å². The first-order chi connectivity index (χ1) is 12.6. The van der Waals surface area contributed by atoms with Gasteiger partial charge in [-0.1, -0.05) is 17.7 Å². The molecule has 144 valence electrons. The van der Waals surface area contributed by atoms with Crippen molar-refractivity contribution in [2.45, 2.75) is 18.8 Å². The van der Waals surface area contributed by atoms with Gasteiger partial charge in [0.05, 0.1) is 7.11 Å². The summed E-state index contributed by atoms with van der Waals surface area (Å²) in [6.07, 6.45) is -5.24. The van der Waals surface area contributed by atoms with Crippen molar-refractivity contribution < 1.29 is 27.5 Å². The van der Waals surface area contributed by atoms with Gasteiger partial charge in [0.2, 0.25) is 0 Å². The maximum Gasteiger partial charge on any atom is 0.441 e. The van der Waals surface area contributed by atoms with Gasteiger partial charge in [0.25, 0.3) is 5.91 Å². The monoisotopic (exact) mass is 401 g/mol. The van der Waals surface area contributed by atoms with E-state index in [1.807, 2.05) is 5.32 Å². The molecule has 27 heavy (non-hydrogen) atoms. The van der Waals surface area contributed by atoms with E-state index in [1.165, 1.54) is 36.4 Å². The summed E-state index contributed by atoms with van der Waals surface area (Å²) in [6.45, 7) is 1.56. The summed E-state index contributed by atoms with van der Waals surface area (Å²) in [5.41, 5.74) is -3.26. The number of anilines is 1. The fourth-order valence-electron chi connectivity index (χ4n) is 2.19. The zero-order valence-electron chi connectivity index (χ0n) is 14.2. The molecule has 0 bridgehead atoms. The van der Waals surface area contributed by atoms with Gasteiger partial charge in [-0.3, -0.25) is 4.79 Å². The lowest BCUT2D eigenvalue weighted by Crippen LogP contribution is -2.69. The minimum Gasteiger partial charge on any atom is -0.466 e. The number of amides is 1. The van der Waals surface area contributed by atoms with Crippen molar-refractivity contribution in [2.24, 2.45) is 0 Å². The Labute approximate surface area is 157 Å². The zero-order chi connectivity index (χ0) is 20.2. The van der Waals surface area contributed by atoms with E-state index in [4.69, 9.17) is 11.6 Å². The number of carbonyl (C=O) groups is 2. The van der Waals surface area contributed by atoms with E-state index in [9.17, 15) is 22.8 Å². The number of carbonyl (C=O) groups excluding carboxylic acids is 2. The zero-order valence-corrected chi connectivity index (χ0v) is 15.0. The van der Waals surface area contributed by atoms with Gasteiger partial charge in [0, 0.05) is 16.3 Å². The van der Waals surface area contributed by atoms with Crippen molar-refractivity contribution in [3.05, 3.63) is 58.7 Å². The van der Waals surface area contributed by atoms with E-state index in [0.29, 0.717) is 10.7 Å². The van der Waals surface area contributed by atoms with Crippen molar-refractivity contribution >= 4 is 29.3 Å². The molecule has 0 saturated carbocycles. The van der Waals surface area contributed by atoms with E-state index >= 15 is 0 Å². The Morgan fingerprint density at radius 3 is 2.26 bits per heavy atom. The molecule has 10 heteroatoms. The lowest BCUT2D eigenvalue weighted by molar-refractivity contribution is -0.203. The lowest BCUT2D eigenvalue weighted by atomic mass is 10.1. The van der Waals surface area contributed by atoms with Gasteiger partial charge in [-0.05, 0) is 43.3 Å². The Balaban J connectivity index is 2.48. The Hall–Kier alpha value is -2.81. The van der Waals surface area contributed by atoms with E-state index in [-0.39, 0.29) is 11.4 Å². The molecule has 0 aliphatic heterocycles. The third kappa shape index (κ3) is 4.48. The Morgan fingerprint density at radius 1 is 1.11 bits per heavy atom. The van der Waals surface area contributed by atoms with Crippen LogP contribution in [0.2, 0.25) is 5.02 Å². The number of aromatic nitrogens is 1. The van der Waals surface area contributed by atoms with Crippen molar-refractivity contribution in [2.75, 3.05) is 12.4 Å². The summed E-state index contributed by atoms with van der Waals surface area (Å²) in [4.78, 5) is 28.4. The fourth-order valence-corrected chi connectivity index (χ4v) is 2.32. The van der Waals surface area contributed by atoms with Gasteiger partial charge < -0.3 is 15.4 Å². The van der Waals surface area contributed by atoms with Gasteiger partial charge in [0.15, 0.2) is 0 Å². The first kappa shape index (κ1) is 20.5. The standard InChI is InChI=1S/C17H15ClF3N3O3/c1-10-4-3-5-13(22-10)23-16(15(26)27-2,17(19,20)21)24-14(25)11-6-8-12(18)9-7-11/h3-9H,1-2H3,(H,22,23)(H,24,25)/t16-/m1/s1. The lowest BCUT2D eigenvalue weighted by Gasteiger charge is -2.34. The highest BCUT2D eigenvalue weighted by Gasteiger charge is 2.63. The van der Waals surface area contributed by atoms with Crippen LogP contribution in [0.4, 0.5) is 19.0 Å². The van der Waals surface area contributed by atoms with Crippen LogP contribution >= 0.6 is 11.6 Å². The minimum absolute atomic E-state index is 0.129. The number of pyridine rings is 1. The number of rotatable bonds is 5. The number of esters is 1. The second kappa shape index (κ2) is 7.83. The van der Waals surface area contributed by atoms with Crippen LogP contribution in [0.15, 0.2) is 42.5 Å². The molecule has 0 unspecified atom stereocenters. The predicted molar refractivity (Wildman–Crippen MR) is 92.3 cm³/mol. The summed E-state index contributed by atoms with van der Waals surface area (Å²) in [7, 11) is 0.780. The third-order valence-corrected chi connectivity index (χ3v) is 3.78. The maximum atomic E-state index is 13.9. The molecule has 0 radical (unpaired) electrons. The number of alkyl halides is 3. The molecule has 1 aromatic heterocycles. The van der Waals surface area contributed by atoms with Crippen LogP contribution in [0.1, 0.15) is 16.1 Å². The highest BCUT2D eigenvalue weighted by Crippen LogP contribution is 2.33. The number of nitrogens with zero attached hydrogens (tertiary/aromatic N) is 1. The Bertz CT molecular complexity index is 843. The largest absolute Gasteiger partial charge is 0.466 e. The molecule has 0 spiro atoms. The quantitative estimate of drug-likeness (QED) is 0.593. The number of halogens is 4. The van der Waals surface area contributed by atoms with Crippen LogP contribution in [-0.2, 0) is 9.53 Å². The highest BCUT2D eigenvalue weighted by atomic mass is 35.5. The summed E-state index contributed by atoms with van der Waals surface area (Å²) >= 11 is 5.71. The summed E-state index contributed by atoms with van der Waals surface area (Å²) in [6, 6.07) is 9.35. The predicted octanol–water partition coefficient (Wildman–Crippen LogP) is 3.32. The first-order valence-electron chi connectivity index (χ1n) is 7.54. The van der Waals surface area contributed by atoms with Gasteiger partial charge >= 0.3 is 17.8 Å². The van der Waals surface area contributed by atoms with Crippen LogP contribution < -0.4 is 10.6 Å². The number of ether oxygens (including phenoxy) is 1. The number of hydrogen-bond acceptors (Lipinski definition) is 5. The molecule has 1 amide bonds. The van der Waals surface area contributed by atoms with Gasteiger partial charge in [-0.15, -0.1) is 0 Å². The van der Waals surface area contributed by atoms with Crippen molar-refractivity contribution in [3.63, 3.8) is 0 Å². The summed E-state index contributed by atoms with van der Waals surface area (Å²) < 4.78 is 46.1. The Kier molecular flexibility index (Phi) is 5.94. The topological polar surface area (TPSA) is 80.3 Å². The molecule has 0 fully saturated rings. The van der Waals surface area contributed by atoms with Crippen LogP contribution in [0.25, 0.3) is 0 Å². The van der Waals surface area contributed by atoms with Gasteiger partial charge in [-0.2, -0.15) is 13.2 Å². The van der Waals surface area contributed by atoms with E-state index in [0.717, 1.165) is 7.11 Å². The molecule has 2 rings (SSSR count). The highest BCUT2D eigenvalue weighted by molar-refractivity contribution is 6.30. The van der Waals surface area contributed by atoms with Crippen molar-refractivity contribution in [1.82, 2.24) is 10.3 Å². The van der Waals surface area contributed by atoms with E-state index in [1.54, 1.807) is 18.3 Å². The van der Waals surface area contributed by atoms with Crippen LogP contribution in [0, 0.1) is 6.92 Å². The van der Waals surface area contributed by atoms with Crippen LogP contribution in [0.3, 0.4) is 0 Å². The SMILES string of the molecule is COC(=O)[C@](NC(=O)c1ccc(Cl)cc1)(Nc1cccc(C)n1)C(F)(F)F. The Morgan fingerprint density at radius 2 is 1.74 bits per heavy atom. The number of benzene rings is 1. The molecule has 1 atom stereocenters. The molecular formula is C17H15ClF3N3O3. The number of nitrogens with one attached hydrogen (secondary N) is 2. The molecule has 0 aliphatic rings. The van der Waals surface area contributed by atoms with E-state index < -0.39 is 23.7 Å². The smallest absolute Gasteiger partial charge is 0.441 e. The summed E-state index contributed by atoms with van der Waals surface area (Å²) in [5.74, 6) is -3.18. The third-order valence-electron chi connectivity index (χ3n) is 3.53. The van der Waals surface area contributed by atoms with Gasteiger partial charge in [0.1, 0.15) is 5.82 Å². The number of aryl methyl sites for hydroxylation is 1. The fraction of sp³-hybridized carbons (Fsp3) is 0.235. The average molecular weight is 402 g/mol. The maximum absolute atomic E-state index is 13.9. The average Bonchev–Trinajstić information content (AvgIpc) is 2.60. The molecule has 1 aromatic carbocycles. The summed E-state index contributed by atoms with van der Waals surface area (Å²) in [5, 5.41) is 3.95. The molecule has 2 aromatic rings. The number of hydrogen-bond donors (Lipinski definition) is 2. The normalized spacial score (nSPS) is 13.4. The molecule has 0 saturated heterocycles. The van der Waals surface area contributed by atoms with Crippen molar-refractivity contribution in [1.29, 1.82) is 0 Å². The molecule has 1 heterocycles. The van der Waals surface area contributed by atoms with Gasteiger partial charge in [-0.25, -0.2) is 9.78 Å². The first-order valence-corrected chi connectivity index (χ1v) is 7.92. The molecular weight excluding hydrogens is 387 g/mol. The second-order valence-corrected chi connectivity index (χ2v) is 5.93. The molecule has 0 aliphatic carbocycles. The van der Waals surface area contributed by atoms with E-state index in [2.05, 4.69) is 9.72 Å². The number of methoxy groups -OCH3 is 1. The molecule has 2 N–H and O–H groups in total. The molecule has 6 nitrogen and oxygen atoms in total. The second-order valence-electron chi connectivity index (χ2n) is 5.49. The minimum atomic E-state index is -5.24.